The van der Waals surface area contributed by atoms with E-state index in [4.69, 9.17) is 0 Å². The molecule has 3 heterocycles. The van der Waals surface area contributed by atoms with E-state index >= 15 is 0 Å². The van der Waals surface area contributed by atoms with Gasteiger partial charge in [-0.3, -0.25) is 14.5 Å². The summed E-state index contributed by atoms with van der Waals surface area (Å²) in [4.78, 5) is 30.6. The van der Waals surface area contributed by atoms with Crippen LogP contribution in [0.1, 0.15) is 19.3 Å². The summed E-state index contributed by atoms with van der Waals surface area (Å²) in [6, 6.07) is 0.470. The number of carbonyl (C=O) groups is 2. The van der Waals surface area contributed by atoms with Gasteiger partial charge in [-0.25, -0.2) is 0 Å². The maximum Gasteiger partial charge on any atom is 0.312 e. The van der Waals surface area contributed by atoms with Gasteiger partial charge in [0.1, 0.15) is 0 Å². The van der Waals surface area contributed by atoms with Crippen LogP contribution in [0.25, 0.3) is 0 Å². The maximum atomic E-state index is 12.4. The molecule has 0 aliphatic carbocycles. The van der Waals surface area contributed by atoms with Crippen LogP contribution in [-0.2, 0) is 9.59 Å². The van der Waals surface area contributed by atoms with Gasteiger partial charge in [-0.2, -0.15) is 0 Å². The van der Waals surface area contributed by atoms with E-state index in [0.29, 0.717) is 25.7 Å². The van der Waals surface area contributed by atoms with Crippen LogP contribution in [0.2, 0.25) is 0 Å². The normalized spacial score (nSPS) is 28.1. The van der Waals surface area contributed by atoms with Crippen molar-refractivity contribution in [1.29, 1.82) is 0 Å². The first kappa shape index (κ1) is 13.8. The van der Waals surface area contributed by atoms with Crippen LogP contribution in [0, 0.1) is 0 Å². The number of fused-ring (bicyclic) bond motifs is 1. The molecule has 3 saturated heterocycles. The molecule has 0 bridgehead atoms. The van der Waals surface area contributed by atoms with E-state index < -0.39 is 0 Å². The zero-order chi connectivity index (χ0) is 13.9. The van der Waals surface area contributed by atoms with Gasteiger partial charge in [-0.1, -0.05) is 6.42 Å². The molecule has 0 saturated carbocycles. The minimum absolute atomic E-state index is 0.294. The zero-order valence-corrected chi connectivity index (χ0v) is 12.0. The molecule has 20 heavy (non-hydrogen) atoms. The first-order chi connectivity index (χ1) is 9.75. The number of carbonyl (C=O) groups excluding carboxylic acids is 2. The number of rotatable bonds is 0. The lowest BCUT2D eigenvalue weighted by atomic mass is 9.99. The molecular weight excluding hydrogens is 256 g/mol. The molecule has 0 spiro atoms. The first-order valence-corrected chi connectivity index (χ1v) is 7.78. The zero-order valence-electron chi connectivity index (χ0n) is 12.0. The topological polar surface area (TPSA) is 55.9 Å². The van der Waals surface area contributed by atoms with Gasteiger partial charge in [0.2, 0.25) is 0 Å². The van der Waals surface area contributed by atoms with Gasteiger partial charge in [0.15, 0.2) is 0 Å². The lowest BCUT2D eigenvalue weighted by Gasteiger charge is -2.44. The van der Waals surface area contributed by atoms with Gasteiger partial charge >= 0.3 is 11.8 Å². The molecular formula is C14H24N4O2. The van der Waals surface area contributed by atoms with E-state index in [-0.39, 0.29) is 11.8 Å². The Morgan fingerprint density at radius 1 is 0.850 bits per heavy atom. The molecule has 3 aliphatic heterocycles. The molecule has 112 valence electrons. The number of hydrogen-bond donors (Lipinski definition) is 1. The van der Waals surface area contributed by atoms with E-state index in [1.54, 1.807) is 9.80 Å². The number of hydrogen-bond acceptors (Lipinski definition) is 4. The Bertz CT molecular complexity index is 381. The number of nitrogens with zero attached hydrogens (tertiary/aromatic N) is 3. The van der Waals surface area contributed by atoms with Gasteiger partial charge in [-0.05, 0) is 19.4 Å². The van der Waals surface area contributed by atoms with Crippen LogP contribution < -0.4 is 5.32 Å². The molecule has 0 aromatic rings. The Morgan fingerprint density at radius 3 is 2.40 bits per heavy atom. The van der Waals surface area contributed by atoms with Crippen molar-refractivity contribution in [3.05, 3.63) is 0 Å². The smallest absolute Gasteiger partial charge is 0.312 e. The molecule has 0 aromatic carbocycles. The van der Waals surface area contributed by atoms with E-state index in [1.807, 2.05) is 0 Å². The van der Waals surface area contributed by atoms with E-state index in [9.17, 15) is 9.59 Å². The van der Waals surface area contributed by atoms with Crippen LogP contribution >= 0.6 is 0 Å². The number of amides is 2. The van der Waals surface area contributed by atoms with E-state index in [2.05, 4.69) is 10.2 Å². The van der Waals surface area contributed by atoms with Crippen LogP contribution in [0.4, 0.5) is 0 Å². The Labute approximate surface area is 120 Å². The van der Waals surface area contributed by atoms with Crippen molar-refractivity contribution in [2.75, 3.05) is 52.4 Å². The second kappa shape index (κ2) is 6.10. The van der Waals surface area contributed by atoms with Crippen molar-refractivity contribution in [1.82, 2.24) is 20.0 Å². The fourth-order valence-corrected chi connectivity index (χ4v) is 3.48. The minimum Gasteiger partial charge on any atom is -0.332 e. The largest absolute Gasteiger partial charge is 0.332 e. The second-order valence-corrected chi connectivity index (χ2v) is 5.98. The van der Waals surface area contributed by atoms with E-state index in [1.165, 1.54) is 12.8 Å². The third kappa shape index (κ3) is 2.81. The lowest BCUT2D eigenvalue weighted by Crippen LogP contribution is -2.59. The van der Waals surface area contributed by atoms with Gasteiger partial charge in [0.25, 0.3) is 0 Å². The van der Waals surface area contributed by atoms with Gasteiger partial charge in [0.05, 0.1) is 0 Å². The Kier molecular flexibility index (Phi) is 4.21. The van der Waals surface area contributed by atoms with Crippen molar-refractivity contribution >= 4 is 11.8 Å². The van der Waals surface area contributed by atoms with Crippen molar-refractivity contribution in [2.45, 2.75) is 25.3 Å². The van der Waals surface area contributed by atoms with Crippen molar-refractivity contribution in [2.24, 2.45) is 0 Å². The molecule has 2 amide bonds. The van der Waals surface area contributed by atoms with Crippen molar-refractivity contribution < 1.29 is 9.59 Å². The molecule has 1 unspecified atom stereocenters. The molecule has 6 nitrogen and oxygen atoms in total. The number of nitrogens with one attached hydrogen (secondary N) is 1. The van der Waals surface area contributed by atoms with Crippen LogP contribution in [0.15, 0.2) is 0 Å². The predicted octanol–water partition coefficient (Wildman–Crippen LogP) is -0.885. The van der Waals surface area contributed by atoms with Crippen LogP contribution in [-0.4, -0.2) is 84.9 Å². The highest BCUT2D eigenvalue weighted by atomic mass is 16.2. The SMILES string of the molecule is O=C(C(=O)N1CCN2CCCCC2C1)N1CCNCC1. The highest BCUT2D eigenvalue weighted by Crippen LogP contribution is 2.21. The summed E-state index contributed by atoms with van der Waals surface area (Å²) in [5, 5.41) is 3.20. The molecule has 3 rings (SSSR count). The molecule has 0 aromatic heterocycles. The summed E-state index contributed by atoms with van der Waals surface area (Å²) in [5.74, 6) is -0.604. The second-order valence-electron chi connectivity index (χ2n) is 5.98. The fourth-order valence-electron chi connectivity index (χ4n) is 3.48. The summed E-state index contributed by atoms with van der Waals surface area (Å²) in [5.41, 5.74) is 0. The summed E-state index contributed by atoms with van der Waals surface area (Å²) in [6.45, 7) is 6.38. The maximum absolute atomic E-state index is 12.4. The summed E-state index contributed by atoms with van der Waals surface area (Å²) >= 11 is 0. The van der Waals surface area contributed by atoms with Gasteiger partial charge in [0, 0.05) is 51.9 Å². The number of piperazine rings is 2. The van der Waals surface area contributed by atoms with Crippen LogP contribution in [0.5, 0.6) is 0 Å². The average molecular weight is 280 g/mol. The third-order valence-electron chi connectivity index (χ3n) is 4.71. The van der Waals surface area contributed by atoms with Crippen LogP contribution in [0.3, 0.4) is 0 Å². The fraction of sp³-hybridized carbons (Fsp3) is 0.857. The predicted molar refractivity (Wildman–Crippen MR) is 75.2 cm³/mol. The molecule has 6 heteroatoms. The highest BCUT2D eigenvalue weighted by molar-refractivity contribution is 6.34. The van der Waals surface area contributed by atoms with Gasteiger partial charge < -0.3 is 15.1 Å². The summed E-state index contributed by atoms with van der Waals surface area (Å²) < 4.78 is 0. The minimum atomic E-state index is -0.309. The first-order valence-electron chi connectivity index (χ1n) is 7.78. The number of piperidine rings is 1. The van der Waals surface area contributed by atoms with Gasteiger partial charge in [-0.15, -0.1) is 0 Å². The molecule has 1 N–H and O–H groups in total. The molecule has 0 radical (unpaired) electrons. The molecule has 1 atom stereocenters. The summed E-state index contributed by atoms with van der Waals surface area (Å²) in [6.07, 6.45) is 3.67. The highest BCUT2D eigenvalue weighted by Gasteiger charge is 2.34. The Morgan fingerprint density at radius 2 is 1.60 bits per heavy atom. The Balaban J connectivity index is 1.58. The van der Waals surface area contributed by atoms with Crippen molar-refractivity contribution in [3.63, 3.8) is 0 Å². The quantitative estimate of drug-likeness (QED) is 0.585. The third-order valence-corrected chi connectivity index (χ3v) is 4.71. The molecule has 3 aliphatic rings. The van der Waals surface area contributed by atoms with Crippen molar-refractivity contribution in [3.8, 4) is 0 Å². The summed E-state index contributed by atoms with van der Waals surface area (Å²) in [7, 11) is 0. The Hall–Kier alpha value is -1.14. The standard InChI is InChI=1S/C14H24N4O2/c19-13(17-7-4-15-5-8-17)14(20)18-10-9-16-6-2-1-3-12(16)11-18/h12,15H,1-11H2. The monoisotopic (exact) mass is 280 g/mol. The average Bonchev–Trinajstić information content (AvgIpc) is 2.54. The molecule has 3 fully saturated rings. The van der Waals surface area contributed by atoms with E-state index in [0.717, 1.165) is 39.1 Å². The lowest BCUT2D eigenvalue weighted by molar-refractivity contribution is -0.154.